The van der Waals surface area contributed by atoms with Crippen molar-refractivity contribution in [2.75, 3.05) is 0 Å². The Balaban J connectivity index is 2.23. The summed E-state index contributed by atoms with van der Waals surface area (Å²) in [5.74, 6) is 1.18. The van der Waals surface area contributed by atoms with Crippen LogP contribution in [0.2, 0.25) is 5.02 Å². The van der Waals surface area contributed by atoms with E-state index in [4.69, 9.17) is 27.9 Å². The highest BCUT2D eigenvalue weighted by Crippen LogP contribution is 2.27. The predicted octanol–water partition coefficient (Wildman–Crippen LogP) is 5.32. The van der Waals surface area contributed by atoms with Gasteiger partial charge in [0.25, 0.3) is 0 Å². The molecule has 0 spiro atoms. The van der Waals surface area contributed by atoms with Crippen LogP contribution in [-0.4, -0.2) is 0 Å². The first-order valence-corrected chi connectivity index (χ1v) is 6.30. The maximum atomic E-state index is 13.0. The summed E-state index contributed by atoms with van der Waals surface area (Å²) < 4.78 is 18.6. The Kier molecular flexibility index (Phi) is 4.10. The van der Waals surface area contributed by atoms with Gasteiger partial charge in [-0.15, -0.1) is 11.6 Å². The second-order valence-corrected chi connectivity index (χ2v) is 4.57. The average Bonchev–Trinajstić information content (AvgIpc) is 2.34. The molecule has 1 nitrogen and oxygen atoms in total. The predicted molar refractivity (Wildman–Crippen MR) is 72.2 cm³/mol. The lowest BCUT2D eigenvalue weighted by Crippen LogP contribution is -1.89. The van der Waals surface area contributed by atoms with Crippen LogP contribution >= 0.6 is 23.2 Å². The van der Waals surface area contributed by atoms with Crippen LogP contribution in [0.15, 0.2) is 36.4 Å². The van der Waals surface area contributed by atoms with Crippen molar-refractivity contribution in [3.63, 3.8) is 0 Å². The molecule has 18 heavy (non-hydrogen) atoms. The van der Waals surface area contributed by atoms with Gasteiger partial charge in [-0.25, -0.2) is 4.39 Å². The van der Waals surface area contributed by atoms with Crippen LogP contribution in [0.3, 0.4) is 0 Å². The minimum absolute atomic E-state index is 0.0431. The molecule has 0 atom stereocenters. The van der Waals surface area contributed by atoms with Gasteiger partial charge >= 0.3 is 0 Å². The van der Waals surface area contributed by atoms with Crippen molar-refractivity contribution in [1.29, 1.82) is 0 Å². The van der Waals surface area contributed by atoms with Gasteiger partial charge in [0.15, 0.2) is 0 Å². The van der Waals surface area contributed by atoms with Crippen LogP contribution < -0.4 is 4.74 Å². The number of hydrogen-bond acceptors (Lipinski definition) is 1. The Morgan fingerprint density at radius 2 is 1.78 bits per heavy atom. The highest BCUT2D eigenvalue weighted by Gasteiger charge is 2.04. The molecular formula is C14H11Cl2FO. The van der Waals surface area contributed by atoms with E-state index in [9.17, 15) is 4.39 Å². The summed E-state index contributed by atoms with van der Waals surface area (Å²) in [6, 6.07) is 9.87. The van der Waals surface area contributed by atoms with Gasteiger partial charge in [-0.1, -0.05) is 17.7 Å². The molecule has 0 aliphatic heterocycles. The van der Waals surface area contributed by atoms with Gasteiger partial charge in [-0.05, 0) is 42.3 Å². The van der Waals surface area contributed by atoms with Crippen LogP contribution in [0.25, 0.3) is 0 Å². The molecule has 94 valence electrons. The summed E-state index contributed by atoms with van der Waals surface area (Å²) in [5.41, 5.74) is 2.11. The topological polar surface area (TPSA) is 9.23 Å². The smallest absolute Gasteiger partial charge is 0.142 e. The van der Waals surface area contributed by atoms with E-state index in [0.717, 1.165) is 11.1 Å². The van der Waals surface area contributed by atoms with Crippen molar-refractivity contribution in [2.45, 2.75) is 12.8 Å². The molecule has 0 N–H and O–H groups in total. The molecule has 0 amide bonds. The zero-order chi connectivity index (χ0) is 13.1. The monoisotopic (exact) mass is 284 g/mol. The molecule has 2 rings (SSSR count). The molecule has 0 bridgehead atoms. The summed E-state index contributed by atoms with van der Waals surface area (Å²) in [4.78, 5) is 0. The fourth-order valence-corrected chi connectivity index (χ4v) is 2.03. The molecule has 0 aliphatic rings. The van der Waals surface area contributed by atoms with Crippen molar-refractivity contribution in [3.8, 4) is 11.5 Å². The Labute approximate surface area is 115 Å². The van der Waals surface area contributed by atoms with Crippen molar-refractivity contribution < 1.29 is 9.13 Å². The van der Waals surface area contributed by atoms with Crippen LogP contribution in [0, 0.1) is 12.7 Å². The van der Waals surface area contributed by atoms with Crippen LogP contribution in [0.5, 0.6) is 11.5 Å². The van der Waals surface area contributed by atoms with E-state index in [1.165, 1.54) is 18.2 Å². The van der Waals surface area contributed by atoms with Gasteiger partial charge in [-0.2, -0.15) is 0 Å². The lowest BCUT2D eigenvalue weighted by Gasteiger charge is -2.09. The Bertz CT molecular complexity index is 570. The number of ether oxygens (including phenoxy) is 1. The highest BCUT2D eigenvalue weighted by atomic mass is 35.5. The van der Waals surface area contributed by atoms with Crippen molar-refractivity contribution in [1.82, 2.24) is 0 Å². The summed E-state index contributed by atoms with van der Waals surface area (Å²) in [6.45, 7) is 1.96. The first-order valence-electron chi connectivity index (χ1n) is 5.38. The van der Waals surface area contributed by atoms with Crippen LogP contribution in [0.4, 0.5) is 4.39 Å². The molecule has 2 aromatic rings. The molecular weight excluding hydrogens is 274 g/mol. The van der Waals surface area contributed by atoms with Gasteiger partial charge in [0.05, 0.1) is 5.02 Å². The van der Waals surface area contributed by atoms with E-state index in [2.05, 4.69) is 0 Å². The maximum absolute atomic E-state index is 13.0. The van der Waals surface area contributed by atoms with E-state index >= 15 is 0 Å². The Morgan fingerprint density at radius 3 is 2.39 bits per heavy atom. The zero-order valence-electron chi connectivity index (χ0n) is 9.71. The number of aryl methyl sites for hydroxylation is 1. The second-order valence-electron chi connectivity index (χ2n) is 3.90. The SMILES string of the molecule is Cc1cc(Oc2ccc(F)c(Cl)c2)ccc1CCl. The van der Waals surface area contributed by atoms with E-state index in [1.54, 1.807) is 0 Å². The van der Waals surface area contributed by atoms with E-state index in [1.807, 2.05) is 25.1 Å². The van der Waals surface area contributed by atoms with Gasteiger partial charge in [0, 0.05) is 11.9 Å². The first-order chi connectivity index (χ1) is 8.60. The summed E-state index contributed by atoms with van der Waals surface area (Å²) in [7, 11) is 0. The summed E-state index contributed by atoms with van der Waals surface area (Å²) in [5, 5.41) is 0.0431. The molecule has 0 saturated heterocycles. The normalized spacial score (nSPS) is 10.4. The van der Waals surface area contributed by atoms with Crippen LogP contribution in [0.1, 0.15) is 11.1 Å². The summed E-state index contributed by atoms with van der Waals surface area (Å²) in [6.07, 6.45) is 0. The summed E-state index contributed by atoms with van der Waals surface area (Å²) >= 11 is 11.5. The maximum Gasteiger partial charge on any atom is 0.142 e. The molecule has 0 radical (unpaired) electrons. The molecule has 0 unspecified atom stereocenters. The minimum Gasteiger partial charge on any atom is -0.457 e. The molecule has 0 fully saturated rings. The third kappa shape index (κ3) is 2.95. The van der Waals surface area contributed by atoms with Gasteiger partial charge in [0.1, 0.15) is 17.3 Å². The quantitative estimate of drug-likeness (QED) is 0.693. The van der Waals surface area contributed by atoms with E-state index < -0.39 is 5.82 Å². The number of rotatable bonds is 3. The molecule has 0 aromatic heterocycles. The third-order valence-corrected chi connectivity index (χ3v) is 3.16. The van der Waals surface area contributed by atoms with Crippen LogP contribution in [-0.2, 0) is 5.88 Å². The van der Waals surface area contributed by atoms with Gasteiger partial charge in [-0.3, -0.25) is 0 Å². The Hall–Kier alpha value is -1.25. The van der Waals surface area contributed by atoms with Crippen molar-refractivity contribution in [3.05, 3.63) is 58.4 Å². The number of hydrogen-bond donors (Lipinski definition) is 0. The highest BCUT2D eigenvalue weighted by molar-refractivity contribution is 6.30. The molecule has 0 heterocycles. The standard InChI is InChI=1S/C14H11Cl2FO/c1-9-6-11(3-2-10(9)8-15)18-12-4-5-14(17)13(16)7-12/h2-7H,8H2,1H3. The van der Waals surface area contributed by atoms with Crippen molar-refractivity contribution >= 4 is 23.2 Å². The number of benzene rings is 2. The van der Waals surface area contributed by atoms with E-state index in [0.29, 0.717) is 17.4 Å². The molecule has 0 aliphatic carbocycles. The number of halogens is 3. The molecule has 0 saturated carbocycles. The fourth-order valence-electron chi connectivity index (χ4n) is 1.56. The second kappa shape index (κ2) is 5.59. The van der Waals surface area contributed by atoms with Gasteiger partial charge < -0.3 is 4.74 Å². The lowest BCUT2D eigenvalue weighted by atomic mass is 10.1. The Morgan fingerprint density at radius 1 is 1.11 bits per heavy atom. The lowest BCUT2D eigenvalue weighted by molar-refractivity contribution is 0.480. The van der Waals surface area contributed by atoms with Crippen molar-refractivity contribution in [2.24, 2.45) is 0 Å². The largest absolute Gasteiger partial charge is 0.457 e. The van der Waals surface area contributed by atoms with E-state index in [-0.39, 0.29) is 5.02 Å². The molecule has 4 heteroatoms. The first kappa shape index (κ1) is 13.2. The molecule has 2 aromatic carbocycles. The van der Waals surface area contributed by atoms with Gasteiger partial charge in [0.2, 0.25) is 0 Å². The zero-order valence-corrected chi connectivity index (χ0v) is 11.2. The number of alkyl halides is 1. The fraction of sp³-hybridized carbons (Fsp3) is 0.143. The minimum atomic E-state index is -0.460. The average molecular weight is 285 g/mol. The third-order valence-electron chi connectivity index (χ3n) is 2.58.